The van der Waals surface area contributed by atoms with Crippen molar-refractivity contribution >= 4 is 38.9 Å². The molecule has 4 nitrogen and oxygen atoms in total. The summed E-state index contributed by atoms with van der Waals surface area (Å²) in [5, 5.41) is 2.16. The van der Waals surface area contributed by atoms with Gasteiger partial charge in [0.1, 0.15) is 11.4 Å². The Bertz CT molecular complexity index is 1400. The highest BCUT2D eigenvalue weighted by Gasteiger charge is 2.32. The number of hydrogen-bond donors (Lipinski definition) is 0. The van der Waals surface area contributed by atoms with Crippen molar-refractivity contribution < 1.29 is 4.74 Å². The van der Waals surface area contributed by atoms with E-state index in [0.29, 0.717) is 0 Å². The van der Waals surface area contributed by atoms with Crippen LogP contribution in [0.15, 0.2) is 73.1 Å². The molecule has 150 valence electrons. The van der Waals surface area contributed by atoms with Crippen LogP contribution >= 0.6 is 0 Å². The van der Waals surface area contributed by atoms with Gasteiger partial charge in [-0.15, -0.1) is 0 Å². The van der Waals surface area contributed by atoms with Gasteiger partial charge in [0.25, 0.3) is 0 Å². The first-order chi connectivity index (χ1) is 15.1. The molecule has 0 atom stereocenters. The molecule has 0 amide bonds. The predicted molar refractivity (Wildman–Crippen MR) is 126 cm³/mol. The maximum absolute atomic E-state index is 6.43. The van der Waals surface area contributed by atoms with Crippen molar-refractivity contribution in [1.29, 1.82) is 0 Å². The molecule has 5 aromatic rings. The van der Waals surface area contributed by atoms with Crippen molar-refractivity contribution in [1.82, 2.24) is 9.97 Å². The lowest BCUT2D eigenvalue weighted by molar-refractivity contribution is 0.478. The first kappa shape index (κ1) is 17.9. The van der Waals surface area contributed by atoms with E-state index in [2.05, 4.69) is 62.1 Å². The summed E-state index contributed by atoms with van der Waals surface area (Å²) >= 11 is 0. The molecule has 6 rings (SSSR count). The Morgan fingerprint density at radius 2 is 1.16 bits per heavy atom. The Balaban J connectivity index is 1.79. The Kier molecular flexibility index (Phi) is 3.78. The molecule has 0 radical (unpaired) electrons. The van der Waals surface area contributed by atoms with Gasteiger partial charge in [-0.1, -0.05) is 29.8 Å². The normalized spacial score (nSPS) is 12.5. The smallest absolute Gasteiger partial charge is 0.153 e. The maximum atomic E-state index is 6.43. The van der Waals surface area contributed by atoms with Gasteiger partial charge >= 0.3 is 0 Å². The maximum Gasteiger partial charge on any atom is 0.153 e. The number of nitrogens with zero attached hydrogens (tertiary/aromatic N) is 3. The number of fused-ring (bicyclic) bond motifs is 6. The SMILES string of the molecule is Cc1cc(C)c(N2c3c(ccc4cccnc34)Oc3ccc4cccnc4c32)c(C)c1. The molecular weight excluding hydrogens is 382 g/mol. The van der Waals surface area contributed by atoms with Crippen molar-refractivity contribution in [2.45, 2.75) is 20.8 Å². The van der Waals surface area contributed by atoms with Gasteiger partial charge in [-0.2, -0.15) is 0 Å². The molecule has 0 bridgehead atoms. The van der Waals surface area contributed by atoms with Gasteiger partial charge in [-0.3, -0.25) is 14.9 Å². The molecule has 2 aromatic heterocycles. The fourth-order valence-corrected chi connectivity index (χ4v) is 4.80. The molecule has 1 aliphatic heterocycles. The summed E-state index contributed by atoms with van der Waals surface area (Å²) in [5.74, 6) is 1.60. The van der Waals surface area contributed by atoms with Gasteiger partial charge in [0.05, 0.1) is 16.7 Å². The first-order valence-electron chi connectivity index (χ1n) is 10.4. The number of hydrogen-bond acceptors (Lipinski definition) is 4. The lowest BCUT2D eigenvalue weighted by Gasteiger charge is -2.35. The highest BCUT2D eigenvalue weighted by atomic mass is 16.5. The molecule has 0 N–H and O–H groups in total. The van der Waals surface area contributed by atoms with E-state index >= 15 is 0 Å². The Morgan fingerprint density at radius 1 is 0.645 bits per heavy atom. The number of rotatable bonds is 1. The summed E-state index contributed by atoms with van der Waals surface area (Å²) < 4.78 is 6.43. The predicted octanol–water partition coefficient (Wildman–Crippen LogP) is 7.28. The Labute approximate surface area is 180 Å². The molecule has 0 fully saturated rings. The summed E-state index contributed by atoms with van der Waals surface area (Å²) in [6.07, 6.45) is 3.68. The van der Waals surface area contributed by atoms with Crippen LogP contribution in [-0.2, 0) is 0 Å². The zero-order valence-electron chi connectivity index (χ0n) is 17.7. The van der Waals surface area contributed by atoms with Crippen molar-refractivity contribution in [2.24, 2.45) is 0 Å². The molecule has 0 spiro atoms. The summed E-state index contributed by atoms with van der Waals surface area (Å²) in [6.45, 7) is 6.47. The van der Waals surface area contributed by atoms with E-state index < -0.39 is 0 Å². The average molecular weight is 403 g/mol. The second-order valence-electron chi connectivity index (χ2n) is 8.16. The molecular formula is C27H21N3O. The summed E-state index contributed by atoms with van der Waals surface area (Å²) in [5.41, 5.74) is 8.55. The fourth-order valence-electron chi connectivity index (χ4n) is 4.80. The summed E-state index contributed by atoms with van der Waals surface area (Å²) in [6, 6.07) is 20.8. The van der Waals surface area contributed by atoms with Gasteiger partial charge in [-0.05, 0) is 68.3 Å². The number of pyridine rings is 2. The van der Waals surface area contributed by atoms with Crippen molar-refractivity contribution in [3.05, 3.63) is 89.7 Å². The van der Waals surface area contributed by atoms with Gasteiger partial charge in [0.15, 0.2) is 11.5 Å². The van der Waals surface area contributed by atoms with Crippen LogP contribution in [0.5, 0.6) is 11.5 Å². The molecule has 0 saturated carbocycles. The van der Waals surface area contributed by atoms with Gasteiger partial charge in [0, 0.05) is 23.2 Å². The van der Waals surface area contributed by atoms with E-state index in [1.807, 2.05) is 36.7 Å². The Hall–Kier alpha value is -3.92. The van der Waals surface area contributed by atoms with E-state index in [4.69, 9.17) is 14.7 Å². The highest BCUT2D eigenvalue weighted by Crippen LogP contribution is 2.55. The third-order valence-electron chi connectivity index (χ3n) is 5.95. The lowest BCUT2D eigenvalue weighted by Crippen LogP contribution is -2.19. The Morgan fingerprint density at radius 3 is 1.68 bits per heavy atom. The molecule has 3 aromatic carbocycles. The monoisotopic (exact) mass is 403 g/mol. The lowest BCUT2D eigenvalue weighted by atomic mass is 10.00. The van der Waals surface area contributed by atoms with Crippen LogP contribution in [0.4, 0.5) is 17.1 Å². The fraction of sp³-hybridized carbons (Fsp3) is 0.111. The van der Waals surface area contributed by atoms with Gasteiger partial charge < -0.3 is 4.74 Å². The van der Waals surface area contributed by atoms with Gasteiger partial charge in [0.2, 0.25) is 0 Å². The second kappa shape index (κ2) is 6.54. The standard InChI is InChI=1S/C27H21N3O/c1-16-14-17(2)25(18(3)15-16)30-26-21(10-8-19-6-4-12-28-23(19)26)31-22-11-9-20-7-5-13-29-24(20)27(22)30/h4-15H,1-3H3. The van der Waals surface area contributed by atoms with Crippen molar-refractivity contribution in [3.63, 3.8) is 0 Å². The molecule has 1 aliphatic rings. The quantitative estimate of drug-likeness (QED) is 0.289. The molecule has 0 saturated heterocycles. The zero-order chi connectivity index (χ0) is 21.1. The van der Waals surface area contributed by atoms with Crippen LogP contribution < -0.4 is 9.64 Å². The van der Waals surface area contributed by atoms with Crippen LogP contribution in [0.25, 0.3) is 21.8 Å². The number of anilines is 3. The van der Waals surface area contributed by atoms with Crippen molar-refractivity contribution in [3.8, 4) is 11.5 Å². The largest absolute Gasteiger partial charge is 0.453 e. The minimum Gasteiger partial charge on any atom is -0.453 e. The van der Waals surface area contributed by atoms with Crippen LogP contribution in [0, 0.1) is 20.8 Å². The van der Waals surface area contributed by atoms with Crippen molar-refractivity contribution in [2.75, 3.05) is 4.90 Å². The molecule has 4 heteroatoms. The van der Waals surface area contributed by atoms with E-state index in [1.54, 1.807) is 0 Å². The number of benzene rings is 3. The third-order valence-corrected chi connectivity index (χ3v) is 5.95. The van der Waals surface area contributed by atoms with Crippen LogP contribution in [0.2, 0.25) is 0 Å². The van der Waals surface area contributed by atoms with E-state index in [1.165, 1.54) is 16.7 Å². The first-order valence-corrected chi connectivity index (χ1v) is 10.4. The summed E-state index contributed by atoms with van der Waals surface area (Å²) in [7, 11) is 0. The molecule has 31 heavy (non-hydrogen) atoms. The zero-order valence-corrected chi connectivity index (χ0v) is 17.7. The highest BCUT2D eigenvalue weighted by molar-refractivity contribution is 6.08. The number of ether oxygens (including phenoxy) is 1. The van der Waals surface area contributed by atoms with E-state index in [-0.39, 0.29) is 0 Å². The topological polar surface area (TPSA) is 38.2 Å². The minimum atomic E-state index is 0.799. The third kappa shape index (κ3) is 2.61. The van der Waals surface area contributed by atoms with Gasteiger partial charge in [-0.25, -0.2) is 0 Å². The molecule has 0 aliphatic carbocycles. The number of aryl methyl sites for hydroxylation is 3. The van der Waals surface area contributed by atoms with E-state index in [9.17, 15) is 0 Å². The van der Waals surface area contributed by atoms with Crippen LogP contribution in [0.3, 0.4) is 0 Å². The summed E-state index contributed by atoms with van der Waals surface area (Å²) in [4.78, 5) is 11.8. The minimum absolute atomic E-state index is 0.799. The number of aromatic nitrogens is 2. The molecule has 3 heterocycles. The van der Waals surface area contributed by atoms with E-state index in [0.717, 1.165) is 50.4 Å². The van der Waals surface area contributed by atoms with Crippen LogP contribution in [0.1, 0.15) is 16.7 Å². The average Bonchev–Trinajstić information content (AvgIpc) is 2.77. The molecule has 0 unspecified atom stereocenters. The van der Waals surface area contributed by atoms with Crippen LogP contribution in [-0.4, -0.2) is 9.97 Å². The second-order valence-corrected chi connectivity index (χ2v) is 8.16.